The molecule has 0 heterocycles. The van der Waals surface area contributed by atoms with Gasteiger partial charge in [0.2, 0.25) is 0 Å². The summed E-state index contributed by atoms with van der Waals surface area (Å²) in [6, 6.07) is 0. The van der Waals surface area contributed by atoms with Gasteiger partial charge in [-0.3, -0.25) is 37.3 Å². The lowest BCUT2D eigenvalue weighted by atomic mass is 10.0. The van der Waals surface area contributed by atoms with E-state index in [1.165, 1.54) is 327 Å². The highest BCUT2D eigenvalue weighted by Gasteiger charge is 2.31. The Hall–Kier alpha value is -1.94. The normalized spacial score (nSPS) is 13.7. The number of carbonyl (C=O) groups is 4. The fraction of sp³-hybridized carbons (Fsp3) is 0.957. The van der Waals surface area contributed by atoms with Crippen molar-refractivity contribution in [2.75, 3.05) is 39.6 Å². The van der Waals surface area contributed by atoms with Crippen molar-refractivity contribution in [2.24, 2.45) is 5.92 Å². The van der Waals surface area contributed by atoms with E-state index in [0.29, 0.717) is 25.7 Å². The Morgan fingerprint density at radius 1 is 0.243 bits per heavy atom. The van der Waals surface area contributed by atoms with Crippen LogP contribution in [0.4, 0.5) is 0 Å². The number of aliphatic hydroxyl groups is 1. The predicted octanol–water partition coefficient (Wildman–Crippen LogP) is 28.7. The Kier molecular flexibility index (Phi) is 83.0. The maximum Gasteiger partial charge on any atom is 0.472 e. The van der Waals surface area contributed by atoms with Crippen LogP contribution in [0.15, 0.2) is 0 Å². The molecule has 0 amide bonds. The van der Waals surface area contributed by atoms with Crippen LogP contribution < -0.4 is 0 Å². The van der Waals surface area contributed by atoms with E-state index in [-0.39, 0.29) is 25.7 Å². The van der Waals surface area contributed by atoms with E-state index in [9.17, 15) is 43.2 Å². The number of rotatable bonds is 92. The molecule has 0 saturated heterocycles. The second-order valence-corrected chi connectivity index (χ2v) is 36.4. The summed E-state index contributed by atoms with van der Waals surface area (Å²) in [5.74, 6) is -1.31. The number of phosphoric ester groups is 2. The van der Waals surface area contributed by atoms with Gasteiger partial charge in [-0.05, 0) is 31.6 Å². The van der Waals surface area contributed by atoms with Crippen LogP contribution in [0.5, 0.6) is 0 Å². The molecular formula is C92H180O17P2. The molecule has 0 rings (SSSR count). The van der Waals surface area contributed by atoms with Crippen LogP contribution in [0.2, 0.25) is 0 Å². The van der Waals surface area contributed by atoms with E-state index in [1.807, 2.05) is 0 Å². The van der Waals surface area contributed by atoms with E-state index < -0.39 is 97.5 Å². The van der Waals surface area contributed by atoms with Gasteiger partial charge in [0.25, 0.3) is 0 Å². The van der Waals surface area contributed by atoms with Gasteiger partial charge in [-0.25, -0.2) is 9.13 Å². The maximum atomic E-state index is 13.2. The minimum atomic E-state index is -4.97. The van der Waals surface area contributed by atoms with Crippen molar-refractivity contribution in [2.45, 2.75) is 522 Å². The summed E-state index contributed by atoms with van der Waals surface area (Å²) in [4.78, 5) is 73.5. The molecule has 0 fully saturated rings. The first-order valence-corrected chi connectivity index (χ1v) is 50.6. The van der Waals surface area contributed by atoms with Crippen LogP contribution in [0.25, 0.3) is 0 Å². The molecule has 0 aromatic rings. The van der Waals surface area contributed by atoms with Crippen molar-refractivity contribution in [3.05, 3.63) is 0 Å². The maximum absolute atomic E-state index is 13.2. The smallest absolute Gasteiger partial charge is 0.462 e. The Labute approximate surface area is 683 Å². The van der Waals surface area contributed by atoms with Crippen LogP contribution in [-0.4, -0.2) is 96.7 Å². The van der Waals surface area contributed by atoms with Crippen molar-refractivity contribution in [3.8, 4) is 0 Å². The molecule has 0 spiro atoms. The third kappa shape index (κ3) is 85.8. The topological polar surface area (TPSA) is 237 Å². The van der Waals surface area contributed by atoms with Crippen molar-refractivity contribution >= 4 is 39.5 Å². The first kappa shape index (κ1) is 109. The van der Waals surface area contributed by atoms with Crippen LogP contribution in [0.1, 0.15) is 503 Å². The molecule has 0 aromatic heterocycles. The van der Waals surface area contributed by atoms with Gasteiger partial charge in [-0.15, -0.1) is 0 Å². The minimum absolute atomic E-state index is 0.108. The monoisotopic (exact) mass is 1620 g/mol. The molecule has 0 saturated carbocycles. The lowest BCUT2D eigenvalue weighted by molar-refractivity contribution is -0.161. The van der Waals surface area contributed by atoms with E-state index in [2.05, 4.69) is 34.6 Å². The first-order valence-electron chi connectivity index (χ1n) is 47.6. The highest BCUT2D eigenvalue weighted by Crippen LogP contribution is 2.45. The van der Waals surface area contributed by atoms with E-state index >= 15 is 0 Å². The zero-order chi connectivity index (χ0) is 81.1. The third-order valence-electron chi connectivity index (χ3n) is 21.8. The van der Waals surface area contributed by atoms with Crippen molar-refractivity contribution in [3.63, 3.8) is 0 Å². The standard InChI is InChI=1S/C92H180O17P2/c1-6-9-12-15-18-21-24-27-29-31-33-35-36-38-40-42-47-52-57-62-67-72-77-91(96)108-88(82-103-90(95)76-71-66-61-56-51-46-41-39-37-34-32-30-28-25-22-19-16-13-10-7-2)84-107-111(100,101)105-80-86(93)79-104-110(98,99)106-83-87(81-102-89(94)75-70-65-60-55-50-44-26-23-20-17-14-11-8-3)109-92(97)78-73-68-63-58-53-48-43-45-49-54-59-64-69-74-85(4)5/h85-88,93H,6-84H2,1-5H3,(H,98,99)(H,100,101)/t86-,87+,88+/m0/s1. The van der Waals surface area contributed by atoms with Gasteiger partial charge in [0.1, 0.15) is 19.3 Å². The lowest BCUT2D eigenvalue weighted by Gasteiger charge is -2.21. The summed E-state index contributed by atoms with van der Waals surface area (Å²) < 4.78 is 69.1. The van der Waals surface area contributed by atoms with Gasteiger partial charge in [0.15, 0.2) is 12.2 Å². The molecule has 17 nitrogen and oxygen atoms in total. The highest BCUT2D eigenvalue weighted by molar-refractivity contribution is 7.47. The number of carbonyl (C=O) groups excluding carboxylic acids is 4. The number of aliphatic hydroxyl groups excluding tert-OH is 1. The van der Waals surface area contributed by atoms with Crippen LogP contribution in [-0.2, 0) is 65.4 Å². The van der Waals surface area contributed by atoms with Gasteiger partial charge >= 0.3 is 39.5 Å². The van der Waals surface area contributed by atoms with Crippen molar-refractivity contribution < 1.29 is 80.2 Å². The molecule has 660 valence electrons. The van der Waals surface area contributed by atoms with E-state index in [4.69, 9.17) is 37.0 Å². The highest BCUT2D eigenvalue weighted by atomic mass is 31.2. The number of hydrogen-bond acceptors (Lipinski definition) is 15. The van der Waals surface area contributed by atoms with E-state index in [0.717, 1.165) is 95.8 Å². The quantitative estimate of drug-likeness (QED) is 0.0222. The van der Waals surface area contributed by atoms with Crippen LogP contribution >= 0.6 is 15.6 Å². The minimum Gasteiger partial charge on any atom is -0.462 e. The van der Waals surface area contributed by atoms with Crippen molar-refractivity contribution in [1.82, 2.24) is 0 Å². The average Bonchev–Trinajstić information content (AvgIpc) is 0.918. The Morgan fingerprint density at radius 2 is 0.414 bits per heavy atom. The van der Waals surface area contributed by atoms with Crippen LogP contribution in [0, 0.1) is 5.92 Å². The van der Waals surface area contributed by atoms with Gasteiger partial charge in [-0.2, -0.15) is 0 Å². The van der Waals surface area contributed by atoms with E-state index in [1.54, 1.807) is 0 Å². The molecule has 19 heteroatoms. The fourth-order valence-corrected chi connectivity index (χ4v) is 16.1. The second kappa shape index (κ2) is 84.5. The molecule has 0 aliphatic heterocycles. The second-order valence-electron chi connectivity index (χ2n) is 33.5. The number of phosphoric acid groups is 2. The molecule has 0 aromatic carbocycles. The average molecular weight is 1620 g/mol. The predicted molar refractivity (Wildman–Crippen MR) is 460 cm³/mol. The Balaban J connectivity index is 5.25. The molecule has 0 aliphatic rings. The van der Waals surface area contributed by atoms with Gasteiger partial charge in [0, 0.05) is 25.7 Å². The SMILES string of the molecule is CCCCCCCCCCCCCCCCCCCCCCCCC(=O)O[C@H](COC(=O)CCCCCCCCCCCCCCCCCCCCCC)COP(=O)(O)OC[C@@H](O)COP(=O)(O)OC[C@@H](COC(=O)CCCCCCCCCCCCCCC)OC(=O)CCCCCCCCCCCCCCCC(C)C. The summed E-state index contributed by atoms with van der Waals surface area (Å²) in [5, 5.41) is 10.7. The zero-order valence-electron chi connectivity index (χ0n) is 73.1. The molecule has 0 radical (unpaired) electrons. The lowest BCUT2D eigenvalue weighted by Crippen LogP contribution is -2.30. The molecule has 0 aliphatic carbocycles. The van der Waals surface area contributed by atoms with Crippen LogP contribution in [0.3, 0.4) is 0 Å². The largest absolute Gasteiger partial charge is 0.472 e. The number of unbranched alkanes of at least 4 members (excludes halogenated alkanes) is 64. The molecule has 3 N–H and O–H groups in total. The number of esters is 4. The summed E-state index contributed by atoms with van der Waals surface area (Å²) >= 11 is 0. The number of ether oxygens (including phenoxy) is 4. The third-order valence-corrected chi connectivity index (χ3v) is 23.7. The van der Waals surface area contributed by atoms with Crippen molar-refractivity contribution in [1.29, 1.82) is 0 Å². The summed E-state index contributed by atoms with van der Waals surface area (Å²) in [7, 11) is -9.94. The van der Waals surface area contributed by atoms with Gasteiger partial charge in [-0.1, -0.05) is 452 Å². The molecule has 5 atom stereocenters. The van der Waals surface area contributed by atoms with Gasteiger partial charge < -0.3 is 33.8 Å². The summed E-state index contributed by atoms with van der Waals surface area (Å²) in [6.45, 7) is 7.42. The molecule has 0 bridgehead atoms. The zero-order valence-corrected chi connectivity index (χ0v) is 74.9. The summed E-state index contributed by atoms with van der Waals surface area (Å²) in [6.07, 6.45) is 80.6. The fourth-order valence-electron chi connectivity index (χ4n) is 14.5. The summed E-state index contributed by atoms with van der Waals surface area (Å²) in [5.41, 5.74) is 0. The molecule has 111 heavy (non-hydrogen) atoms. The first-order chi connectivity index (χ1) is 54.0. The van der Waals surface area contributed by atoms with Gasteiger partial charge in [0.05, 0.1) is 26.4 Å². The Morgan fingerprint density at radius 3 is 0.613 bits per heavy atom. The molecular weight excluding hydrogens is 1440 g/mol. The molecule has 2 unspecified atom stereocenters. The Bertz CT molecular complexity index is 2100. The number of hydrogen-bond donors (Lipinski definition) is 3.